The lowest BCUT2D eigenvalue weighted by molar-refractivity contribution is 0.0515. The third-order valence-corrected chi connectivity index (χ3v) is 1.60. The number of nitrogens with zero attached hydrogens (tertiary/aromatic N) is 1. The second-order valence-corrected chi connectivity index (χ2v) is 2.50. The van der Waals surface area contributed by atoms with E-state index in [-0.39, 0.29) is 12.3 Å². The van der Waals surface area contributed by atoms with Crippen molar-refractivity contribution >= 4 is 17.3 Å². The van der Waals surface area contributed by atoms with Gasteiger partial charge in [-0.1, -0.05) is 11.3 Å². The second kappa shape index (κ2) is 3.43. The van der Waals surface area contributed by atoms with Gasteiger partial charge < -0.3 is 4.74 Å². The van der Waals surface area contributed by atoms with Crippen molar-refractivity contribution in [3.63, 3.8) is 0 Å². The molecule has 0 radical (unpaired) electrons. The number of aromatic nitrogens is 1. The smallest absolute Gasteiger partial charge is 0.360 e. The van der Waals surface area contributed by atoms with Crippen LogP contribution in [0.5, 0.6) is 0 Å². The van der Waals surface area contributed by atoms with Crippen molar-refractivity contribution in [2.24, 2.45) is 0 Å². The van der Waals surface area contributed by atoms with Gasteiger partial charge in [-0.05, 0) is 6.92 Å². The van der Waals surface area contributed by atoms with Gasteiger partial charge in [-0.2, -0.15) is 4.39 Å². The van der Waals surface area contributed by atoms with E-state index in [1.54, 1.807) is 6.92 Å². The first-order chi connectivity index (χ1) is 5.25. The Bertz CT molecular complexity index is 261. The molecule has 0 amide bonds. The fourth-order valence-corrected chi connectivity index (χ4v) is 1.06. The van der Waals surface area contributed by atoms with Gasteiger partial charge in [0.25, 0.3) is 0 Å². The number of hydrogen-bond donors (Lipinski definition) is 0. The zero-order valence-electron chi connectivity index (χ0n) is 5.83. The number of carbonyl (C=O) groups is 1. The lowest BCUT2D eigenvalue weighted by Crippen LogP contribution is -2.06. The molecule has 0 atom stereocenters. The summed E-state index contributed by atoms with van der Waals surface area (Å²) in [6, 6.07) is 0. The van der Waals surface area contributed by atoms with Crippen LogP contribution in [0.3, 0.4) is 0 Å². The second-order valence-electron chi connectivity index (χ2n) is 1.70. The van der Waals surface area contributed by atoms with Crippen molar-refractivity contribution < 1.29 is 13.9 Å². The quantitative estimate of drug-likeness (QED) is 0.639. The van der Waals surface area contributed by atoms with Crippen LogP contribution in [0.25, 0.3) is 0 Å². The highest BCUT2D eigenvalue weighted by molar-refractivity contribution is 7.08. The number of thiazole rings is 1. The molecule has 1 heterocycles. The third kappa shape index (κ3) is 1.74. The van der Waals surface area contributed by atoms with Gasteiger partial charge in [-0.25, -0.2) is 9.78 Å². The van der Waals surface area contributed by atoms with Gasteiger partial charge in [0.05, 0.1) is 12.1 Å². The number of carbonyl (C=O) groups excluding carboxylic acids is 1. The van der Waals surface area contributed by atoms with Crippen LogP contribution in [-0.4, -0.2) is 17.6 Å². The van der Waals surface area contributed by atoms with E-state index in [9.17, 15) is 9.18 Å². The summed E-state index contributed by atoms with van der Waals surface area (Å²) < 4.78 is 17.1. The molecule has 1 rings (SSSR count). The van der Waals surface area contributed by atoms with E-state index >= 15 is 0 Å². The molecule has 0 aromatic carbocycles. The number of ether oxygens (including phenoxy) is 1. The van der Waals surface area contributed by atoms with E-state index in [0.29, 0.717) is 0 Å². The predicted molar refractivity (Wildman–Crippen MR) is 38.0 cm³/mol. The molecule has 1 aromatic rings. The van der Waals surface area contributed by atoms with E-state index in [0.717, 1.165) is 11.3 Å². The lowest BCUT2D eigenvalue weighted by Gasteiger charge is -1.95. The van der Waals surface area contributed by atoms with Gasteiger partial charge in [0.1, 0.15) is 0 Å². The molecule has 0 saturated heterocycles. The number of rotatable bonds is 2. The number of hydrogen-bond acceptors (Lipinski definition) is 4. The first-order valence-corrected chi connectivity index (χ1v) is 3.89. The number of halogens is 1. The van der Waals surface area contributed by atoms with Crippen molar-refractivity contribution in [1.29, 1.82) is 0 Å². The normalized spacial score (nSPS) is 9.64. The van der Waals surface area contributed by atoms with Crippen LogP contribution in [0.2, 0.25) is 0 Å². The molecule has 0 unspecified atom stereocenters. The van der Waals surface area contributed by atoms with Crippen LogP contribution in [0.1, 0.15) is 17.4 Å². The SMILES string of the molecule is CCOC(=O)c1ncsc1F. The molecule has 11 heavy (non-hydrogen) atoms. The maximum atomic E-state index is 12.6. The maximum Gasteiger partial charge on any atom is 0.360 e. The molecule has 0 aliphatic rings. The Morgan fingerprint density at radius 3 is 3.09 bits per heavy atom. The van der Waals surface area contributed by atoms with Crippen LogP contribution in [0, 0.1) is 5.13 Å². The van der Waals surface area contributed by atoms with Crippen LogP contribution in [0.4, 0.5) is 4.39 Å². The predicted octanol–water partition coefficient (Wildman–Crippen LogP) is 1.46. The summed E-state index contributed by atoms with van der Waals surface area (Å²) in [6.07, 6.45) is 0. The Morgan fingerprint density at radius 1 is 1.91 bits per heavy atom. The Morgan fingerprint density at radius 2 is 2.64 bits per heavy atom. The highest BCUT2D eigenvalue weighted by Crippen LogP contribution is 2.10. The van der Waals surface area contributed by atoms with Gasteiger partial charge in [-0.15, -0.1) is 0 Å². The van der Waals surface area contributed by atoms with E-state index in [1.807, 2.05) is 0 Å². The molecular formula is C6H6FNO2S. The standard InChI is InChI=1S/C6H6FNO2S/c1-2-10-6(9)4-5(7)11-3-8-4/h3H,2H2,1H3. The van der Waals surface area contributed by atoms with Crippen LogP contribution in [-0.2, 0) is 4.74 Å². The van der Waals surface area contributed by atoms with Crippen molar-refractivity contribution in [2.75, 3.05) is 6.61 Å². The summed E-state index contributed by atoms with van der Waals surface area (Å²) in [4.78, 5) is 14.3. The minimum absolute atomic E-state index is 0.225. The van der Waals surface area contributed by atoms with Crippen molar-refractivity contribution in [3.05, 3.63) is 16.3 Å². The minimum atomic E-state index is -0.703. The summed E-state index contributed by atoms with van der Waals surface area (Å²) >= 11 is 0.780. The Hall–Kier alpha value is -0.970. The van der Waals surface area contributed by atoms with Crippen molar-refractivity contribution in [2.45, 2.75) is 6.92 Å². The monoisotopic (exact) mass is 175 g/mol. The molecule has 3 nitrogen and oxygen atoms in total. The molecule has 0 saturated carbocycles. The third-order valence-electron chi connectivity index (χ3n) is 0.993. The average molecular weight is 175 g/mol. The maximum absolute atomic E-state index is 12.6. The van der Waals surface area contributed by atoms with Crippen LogP contribution < -0.4 is 0 Å². The Balaban J connectivity index is 2.76. The zero-order chi connectivity index (χ0) is 8.27. The summed E-state index contributed by atoms with van der Waals surface area (Å²) in [5.41, 5.74) is 1.04. The fourth-order valence-electron chi connectivity index (χ4n) is 0.564. The molecule has 60 valence electrons. The molecule has 5 heteroatoms. The average Bonchev–Trinajstić information content (AvgIpc) is 2.36. The largest absolute Gasteiger partial charge is 0.461 e. The summed E-state index contributed by atoms with van der Waals surface area (Å²) in [5, 5.41) is -0.594. The summed E-state index contributed by atoms with van der Waals surface area (Å²) in [7, 11) is 0. The fraction of sp³-hybridized carbons (Fsp3) is 0.333. The van der Waals surface area contributed by atoms with Crippen LogP contribution in [0.15, 0.2) is 5.51 Å². The summed E-state index contributed by atoms with van der Waals surface area (Å²) in [5.74, 6) is -0.703. The van der Waals surface area contributed by atoms with E-state index < -0.39 is 11.1 Å². The molecule has 0 fully saturated rings. The molecule has 0 N–H and O–H groups in total. The van der Waals surface area contributed by atoms with Gasteiger partial charge >= 0.3 is 5.97 Å². The Labute approximate surface area is 66.8 Å². The van der Waals surface area contributed by atoms with Gasteiger partial charge in [-0.3, -0.25) is 0 Å². The van der Waals surface area contributed by atoms with E-state index in [2.05, 4.69) is 9.72 Å². The van der Waals surface area contributed by atoms with Crippen molar-refractivity contribution in [3.8, 4) is 0 Å². The van der Waals surface area contributed by atoms with E-state index in [4.69, 9.17) is 0 Å². The molecule has 0 aliphatic carbocycles. The lowest BCUT2D eigenvalue weighted by atomic mass is 10.5. The van der Waals surface area contributed by atoms with E-state index in [1.165, 1.54) is 5.51 Å². The first-order valence-electron chi connectivity index (χ1n) is 3.01. The van der Waals surface area contributed by atoms with Gasteiger partial charge in [0, 0.05) is 0 Å². The number of esters is 1. The first kappa shape index (κ1) is 8.13. The molecule has 0 aliphatic heterocycles. The highest BCUT2D eigenvalue weighted by Gasteiger charge is 2.14. The topological polar surface area (TPSA) is 39.2 Å². The van der Waals surface area contributed by atoms with Crippen LogP contribution >= 0.6 is 11.3 Å². The summed E-state index contributed by atoms with van der Waals surface area (Å²) in [6.45, 7) is 1.89. The molecule has 1 aromatic heterocycles. The molecule has 0 spiro atoms. The molecule has 0 bridgehead atoms. The Kier molecular flexibility index (Phi) is 2.53. The van der Waals surface area contributed by atoms with Gasteiger partial charge in [0.15, 0.2) is 5.69 Å². The molecular weight excluding hydrogens is 169 g/mol. The van der Waals surface area contributed by atoms with Crippen molar-refractivity contribution in [1.82, 2.24) is 4.98 Å². The minimum Gasteiger partial charge on any atom is -0.461 e. The highest BCUT2D eigenvalue weighted by atomic mass is 32.1. The zero-order valence-corrected chi connectivity index (χ0v) is 6.65. The van der Waals surface area contributed by atoms with Gasteiger partial charge in [0.2, 0.25) is 5.13 Å².